The second kappa shape index (κ2) is 29.8. The second-order valence-electron chi connectivity index (χ2n) is 25.9. The molecule has 0 amide bonds. The zero-order valence-corrected chi connectivity index (χ0v) is 48.2. The van der Waals surface area contributed by atoms with Crippen molar-refractivity contribution in [3.05, 3.63) is 107 Å². The number of rotatable bonds is 25. The summed E-state index contributed by atoms with van der Waals surface area (Å²) in [7, 11) is 0. The van der Waals surface area contributed by atoms with Crippen LogP contribution in [0.4, 0.5) is 0 Å². The van der Waals surface area contributed by atoms with Gasteiger partial charge in [0.2, 0.25) is 0 Å². The number of hydrogen-bond donors (Lipinski definition) is 2. The summed E-state index contributed by atoms with van der Waals surface area (Å²) in [6.07, 6.45) is 78.6. The first-order valence-corrected chi connectivity index (χ1v) is 32.6. The van der Waals surface area contributed by atoms with Gasteiger partial charge in [0, 0.05) is 23.8 Å². The summed E-state index contributed by atoms with van der Waals surface area (Å²) in [5, 5.41) is 8.13. The highest BCUT2D eigenvalue weighted by Crippen LogP contribution is 2.52. The van der Waals surface area contributed by atoms with Gasteiger partial charge in [-0.2, -0.15) is 0 Å². The molecule has 16 unspecified atom stereocenters. The van der Waals surface area contributed by atoms with E-state index in [-0.39, 0.29) is 0 Å². The Morgan fingerprint density at radius 1 is 0.589 bits per heavy atom. The normalized spacial score (nSPS) is 35.8. The van der Waals surface area contributed by atoms with Gasteiger partial charge < -0.3 is 10.6 Å². The fraction of sp³-hybridized carbons (Fsp3) is 0.746. The Hall–Kier alpha value is -2.58. The Kier molecular flexibility index (Phi) is 23.1. The van der Waals surface area contributed by atoms with Gasteiger partial charge in [0.05, 0.1) is 0 Å². The van der Waals surface area contributed by atoms with Crippen LogP contribution in [0.2, 0.25) is 0 Å². The predicted octanol–water partition coefficient (Wildman–Crippen LogP) is 20.0. The second-order valence-corrected chi connectivity index (χ2v) is 25.9. The van der Waals surface area contributed by atoms with E-state index in [1.165, 1.54) is 198 Å². The molecule has 0 fully saturated rings. The standard InChI is InChI=1S/C71H112N2/c1-7-12-14-18-28-60-51-71(63-38-47-69(54(10-4)49-63)59-35-44-67(45-36-59)73-66-42-33-58(34-43-66)56-26-22-17-23-27-56)61(29-19-15-13-8-2)50-70(60)62-37-46-68(53(9-3)48-62)52(6)30-39-64(11-5)72-65-40-31-57(32-41-65)55-24-20-16-21-25-55/h17,22,24,30,33,35,37-40,44,46-47,51-54,56-57,59,61-64,66-73H,7-16,18-21,23,25-29,31-32,34,36,41-43,45,48-50H2,1-6H3/b39-30-. The van der Waals surface area contributed by atoms with Crippen LogP contribution >= 0.6 is 0 Å². The molecular weight excluding hydrogens is 881 g/mol. The van der Waals surface area contributed by atoms with Gasteiger partial charge in [-0.05, 0) is 218 Å². The van der Waals surface area contributed by atoms with Crippen molar-refractivity contribution in [3.8, 4) is 0 Å². The van der Waals surface area contributed by atoms with E-state index in [4.69, 9.17) is 0 Å². The van der Waals surface area contributed by atoms with Crippen molar-refractivity contribution in [3.63, 3.8) is 0 Å². The van der Waals surface area contributed by atoms with E-state index in [1.54, 1.807) is 11.1 Å². The van der Waals surface area contributed by atoms with Gasteiger partial charge in [-0.25, -0.2) is 0 Å². The average Bonchev–Trinajstić information content (AvgIpc) is 3.45. The van der Waals surface area contributed by atoms with E-state index in [0.717, 1.165) is 41.9 Å². The largest absolute Gasteiger partial charge is 0.382 e. The van der Waals surface area contributed by atoms with Gasteiger partial charge in [-0.15, -0.1) is 0 Å². The molecular formula is C71H112N2. The first kappa shape index (κ1) is 56.6. The van der Waals surface area contributed by atoms with Crippen LogP contribution in [-0.4, -0.2) is 18.1 Å². The molecule has 0 aromatic carbocycles. The van der Waals surface area contributed by atoms with Gasteiger partial charge in [0.25, 0.3) is 0 Å². The molecule has 0 aromatic heterocycles. The molecule has 2 nitrogen and oxygen atoms in total. The van der Waals surface area contributed by atoms with Gasteiger partial charge >= 0.3 is 0 Å². The van der Waals surface area contributed by atoms with Crippen molar-refractivity contribution >= 4 is 0 Å². The van der Waals surface area contributed by atoms with E-state index in [0.29, 0.717) is 59.6 Å². The molecule has 0 aliphatic heterocycles. The molecule has 0 saturated heterocycles. The molecule has 0 spiro atoms. The van der Waals surface area contributed by atoms with Crippen LogP contribution < -0.4 is 10.6 Å². The van der Waals surface area contributed by atoms with Crippen LogP contribution in [0.15, 0.2) is 107 Å². The molecule has 8 rings (SSSR count). The number of nitrogens with one attached hydrogen (secondary N) is 2. The molecule has 8 aliphatic carbocycles. The lowest BCUT2D eigenvalue weighted by Gasteiger charge is -2.46. The summed E-state index contributed by atoms with van der Waals surface area (Å²) in [4.78, 5) is 0. The molecule has 406 valence electrons. The molecule has 0 heterocycles. The number of allylic oxidation sites excluding steroid dienone is 15. The Bertz CT molecular complexity index is 1930. The molecule has 0 saturated carbocycles. The Balaban J connectivity index is 0.921. The first-order valence-electron chi connectivity index (χ1n) is 32.6. The van der Waals surface area contributed by atoms with E-state index < -0.39 is 0 Å². The van der Waals surface area contributed by atoms with E-state index in [2.05, 4.69) is 137 Å². The fourth-order valence-corrected chi connectivity index (χ4v) is 16.4. The molecule has 0 bridgehead atoms. The van der Waals surface area contributed by atoms with Crippen LogP contribution in [0.5, 0.6) is 0 Å². The zero-order valence-electron chi connectivity index (χ0n) is 48.2. The lowest BCUT2D eigenvalue weighted by atomic mass is 9.59. The van der Waals surface area contributed by atoms with Gasteiger partial charge in [-0.3, -0.25) is 0 Å². The maximum Gasteiger partial charge on any atom is 0.0438 e. The van der Waals surface area contributed by atoms with E-state index in [9.17, 15) is 0 Å². The van der Waals surface area contributed by atoms with Gasteiger partial charge in [-0.1, -0.05) is 201 Å². The van der Waals surface area contributed by atoms with Crippen molar-refractivity contribution in [2.24, 2.45) is 76.9 Å². The molecule has 0 aromatic rings. The molecule has 73 heavy (non-hydrogen) atoms. The molecule has 0 radical (unpaired) electrons. The predicted molar refractivity (Wildman–Crippen MR) is 318 cm³/mol. The lowest BCUT2D eigenvalue weighted by Crippen LogP contribution is -2.40. The highest BCUT2D eigenvalue weighted by atomic mass is 14.9. The van der Waals surface area contributed by atoms with Crippen molar-refractivity contribution < 1.29 is 0 Å². The Morgan fingerprint density at radius 3 is 2.08 bits per heavy atom. The van der Waals surface area contributed by atoms with Crippen LogP contribution in [0.25, 0.3) is 0 Å². The Labute approximate surface area is 451 Å². The minimum Gasteiger partial charge on any atom is -0.382 e. The summed E-state index contributed by atoms with van der Waals surface area (Å²) in [5.74, 6) is 9.48. The molecule has 2 N–H and O–H groups in total. The van der Waals surface area contributed by atoms with Crippen LogP contribution in [0, 0.1) is 76.9 Å². The fourth-order valence-electron chi connectivity index (χ4n) is 16.4. The molecule has 2 heteroatoms. The monoisotopic (exact) mass is 993 g/mol. The lowest BCUT2D eigenvalue weighted by molar-refractivity contribution is 0.147. The average molecular weight is 994 g/mol. The van der Waals surface area contributed by atoms with Crippen LogP contribution in [0.1, 0.15) is 241 Å². The van der Waals surface area contributed by atoms with Crippen molar-refractivity contribution in [1.29, 1.82) is 0 Å². The van der Waals surface area contributed by atoms with Crippen molar-refractivity contribution in [1.82, 2.24) is 10.6 Å². The van der Waals surface area contributed by atoms with Crippen LogP contribution in [0.3, 0.4) is 0 Å². The maximum atomic E-state index is 4.12. The minimum absolute atomic E-state index is 0.434. The summed E-state index contributed by atoms with van der Waals surface area (Å²) >= 11 is 0. The van der Waals surface area contributed by atoms with Gasteiger partial charge in [0.15, 0.2) is 0 Å². The van der Waals surface area contributed by atoms with E-state index in [1.807, 2.05) is 5.57 Å². The summed E-state index contributed by atoms with van der Waals surface area (Å²) in [6, 6.07) is 1.64. The zero-order chi connectivity index (χ0) is 50.8. The topological polar surface area (TPSA) is 24.1 Å². The SMILES string of the molecule is CCCCCCC1=CC(C2C=CC(C3C=CC(NC4CC=C(C5CC=CCC5)CC4)CC3)C(CC)C2)C(CCCCCC)CC1C1C=CC(C(C)/C=C\C(CC)NC2=CCC(C3=CCCCC3)CC2)C(CC)C1. The third-order valence-corrected chi connectivity index (χ3v) is 21.1. The molecule has 8 aliphatic rings. The van der Waals surface area contributed by atoms with Crippen molar-refractivity contribution in [2.45, 2.75) is 259 Å². The highest BCUT2D eigenvalue weighted by molar-refractivity contribution is 5.24. The van der Waals surface area contributed by atoms with E-state index >= 15 is 0 Å². The quantitative estimate of drug-likeness (QED) is 0.0704. The van der Waals surface area contributed by atoms with Crippen LogP contribution in [-0.2, 0) is 0 Å². The summed E-state index contributed by atoms with van der Waals surface area (Å²) in [6.45, 7) is 14.7. The third kappa shape index (κ3) is 16.0. The maximum absolute atomic E-state index is 4.12. The first-order chi connectivity index (χ1) is 35.9. The van der Waals surface area contributed by atoms with Crippen molar-refractivity contribution in [2.75, 3.05) is 0 Å². The highest BCUT2D eigenvalue weighted by Gasteiger charge is 2.42. The summed E-state index contributed by atoms with van der Waals surface area (Å²) < 4.78 is 0. The smallest absolute Gasteiger partial charge is 0.0438 e. The minimum atomic E-state index is 0.434. The molecule has 16 atom stereocenters. The third-order valence-electron chi connectivity index (χ3n) is 21.1. The number of hydrogen-bond acceptors (Lipinski definition) is 2. The summed E-state index contributed by atoms with van der Waals surface area (Å²) in [5.41, 5.74) is 6.91. The number of unbranched alkanes of at least 4 members (excludes halogenated alkanes) is 6. The Morgan fingerprint density at radius 2 is 1.38 bits per heavy atom. The van der Waals surface area contributed by atoms with Gasteiger partial charge in [0.1, 0.15) is 0 Å².